The van der Waals surface area contributed by atoms with Crippen molar-refractivity contribution in [3.05, 3.63) is 101 Å². The second kappa shape index (κ2) is 8.67. The third-order valence-corrected chi connectivity index (χ3v) is 5.69. The second-order valence-corrected chi connectivity index (χ2v) is 7.97. The van der Waals surface area contributed by atoms with E-state index >= 15 is 0 Å². The highest BCUT2D eigenvalue weighted by Crippen LogP contribution is 2.45. The lowest BCUT2D eigenvalue weighted by molar-refractivity contribution is -0.108. The lowest BCUT2D eigenvalue weighted by Crippen LogP contribution is -2.16. The minimum absolute atomic E-state index is 0.0173. The number of fused-ring (bicyclic) bond motifs is 1. The van der Waals surface area contributed by atoms with E-state index in [4.69, 9.17) is 9.29 Å². The molecule has 3 aromatic rings. The van der Waals surface area contributed by atoms with Crippen molar-refractivity contribution in [2.45, 2.75) is 11.7 Å². The highest BCUT2D eigenvalue weighted by molar-refractivity contribution is 7.78. The summed E-state index contributed by atoms with van der Waals surface area (Å²) in [7, 11) is 0. The van der Waals surface area contributed by atoms with Gasteiger partial charge in [-0.2, -0.15) is 0 Å². The number of para-hydroxylation sites is 1. The van der Waals surface area contributed by atoms with Gasteiger partial charge in [0.1, 0.15) is 17.8 Å². The number of hydrogen-bond acceptors (Lipinski definition) is 4. The lowest BCUT2D eigenvalue weighted by Gasteiger charge is -2.28. The first-order chi connectivity index (χ1) is 15.0. The highest BCUT2D eigenvalue weighted by atomic mass is 32.2. The van der Waals surface area contributed by atoms with E-state index in [2.05, 4.69) is 0 Å². The summed E-state index contributed by atoms with van der Waals surface area (Å²) in [6.07, 6.45) is 0.852. The molecule has 0 spiro atoms. The number of carbonyl (C=O) groups excluding carboxylic acids is 1. The predicted octanol–water partition coefficient (Wildman–Crippen LogP) is 4.35. The van der Waals surface area contributed by atoms with Gasteiger partial charge in [-0.05, 0) is 29.3 Å². The van der Waals surface area contributed by atoms with Crippen LogP contribution in [0.25, 0.3) is 11.3 Å². The molecule has 31 heavy (non-hydrogen) atoms. The summed E-state index contributed by atoms with van der Waals surface area (Å²) in [6, 6.07) is 20.6. The molecule has 0 amide bonds. The highest BCUT2D eigenvalue weighted by Gasteiger charge is 2.31. The van der Waals surface area contributed by atoms with Crippen molar-refractivity contribution in [3.63, 3.8) is 0 Å². The van der Waals surface area contributed by atoms with Gasteiger partial charge in [0.25, 0.3) is 0 Å². The fourth-order valence-electron chi connectivity index (χ4n) is 3.65. The number of carboxylic acids is 1. The van der Waals surface area contributed by atoms with E-state index in [-0.39, 0.29) is 11.3 Å². The van der Waals surface area contributed by atoms with Crippen molar-refractivity contribution in [1.29, 1.82) is 0 Å². The zero-order chi connectivity index (χ0) is 22.0. The number of aldehydes is 1. The van der Waals surface area contributed by atoms with Crippen molar-refractivity contribution in [2.24, 2.45) is 0 Å². The topological polar surface area (TPSA) is 101 Å². The number of rotatable bonds is 6. The predicted molar refractivity (Wildman–Crippen MR) is 117 cm³/mol. The number of benzene rings is 3. The van der Waals surface area contributed by atoms with Gasteiger partial charge in [0, 0.05) is 16.7 Å². The molecule has 7 heteroatoms. The Morgan fingerprint density at radius 1 is 0.968 bits per heavy atom. The molecule has 0 bridgehead atoms. The second-order valence-electron chi connectivity index (χ2n) is 7.04. The standard InChI is InChI=1S/C24H18O6S/c25-13-20-19-3-1-2-4-21(19)30-23(17-7-5-15(6-8-17)14-31(28)29)22(20)16-9-11-18(12-10-16)24(26)27/h1-13,20H,14H2,(H,26,27)(H,28,29). The molecule has 156 valence electrons. The summed E-state index contributed by atoms with van der Waals surface area (Å²) >= 11 is -1.95. The summed E-state index contributed by atoms with van der Waals surface area (Å²) in [4.78, 5) is 23.4. The van der Waals surface area contributed by atoms with Crippen LogP contribution in [-0.4, -0.2) is 26.1 Å². The van der Waals surface area contributed by atoms with Crippen LogP contribution in [0.4, 0.5) is 0 Å². The van der Waals surface area contributed by atoms with Crippen LogP contribution in [0.3, 0.4) is 0 Å². The Bertz CT molecular complexity index is 1200. The van der Waals surface area contributed by atoms with Crippen LogP contribution in [-0.2, 0) is 21.6 Å². The smallest absolute Gasteiger partial charge is 0.335 e. The number of hydrogen-bond donors (Lipinski definition) is 2. The fourth-order valence-corrected chi connectivity index (χ4v) is 4.12. The molecular weight excluding hydrogens is 416 g/mol. The van der Waals surface area contributed by atoms with Gasteiger partial charge in [-0.1, -0.05) is 54.6 Å². The Morgan fingerprint density at radius 3 is 2.23 bits per heavy atom. The van der Waals surface area contributed by atoms with Crippen LogP contribution in [0.2, 0.25) is 0 Å². The van der Waals surface area contributed by atoms with Crippen molar-refractivity contribution in [1.82, 2.24) is 0 Å². The van der Waals surface area contributed by atoms with Crippen LogP contribution in [0, 0.1) is 0 Å². The molecule has 2 atom stereocenters. The van der Waals surface area contributed by atoms with Crippen LogP contribution < -0.4 is 4.74 Å². The normalized spacial score (nSPS) is 16.2. The van der Waals surface area contributed by atoms with E-state index in [0.717, 1.165) is 11.8 Å². The van der Waals surface area contributed by atoms with Crippen molar-refractivity contribution >= 4 is 34.7 Å². The zero-order valence-corrected chi connectivity index (χ0v) is 17.0. The van der Waals surface area contributed by atoms with E-state index in [1.807, 2.05) is 18.2 Å². The fraction of sp³-hybridized carbons (Fsp3) is 0.0833. The molecule has 0 aliphatic carbocycles. The first kappa shape index (κ1) is 20.7. The van der Waals surface area contributed by atoms with Crippen LogP contribution in [0.1, 0.15) is 38.5 Å². The van der Waals surface area contributed by atoms with Crippen molar-refractivity contribution in [2.75, 3.05) is 0 Å². The molecule has 2 unspecified atom stereocenters. The number of carboxylic acid groups (broad SMARTS) is 1. The van der Waals surface area contributed by atoms with Gasteiger partial charge in [0.15, 0.2) is 11.1 Å². The van der Waals surface area contributed by atoms with Crippen LogP contribution >= 0.6 is 0 Å². The molecule has 0 saturated carbocycles. The summed E-state index contributed by atoms with van der Waals surface area (Å²) in [5, 5.41) is 9.20. The first-order valence-electron chi connectivity index (χ1n) is 9.44. The number of aromatic carboxylic acids is 1. The Labute approximate surface area is 181 Å². The van der Waals surface area contributed by atoms with E-state index in [1.54, 1.807) is 42.5 Å². The number of allylic oxidation sites excluding steroid dienone is 1. The third kappa shape index (κ3) is 4.19. The van der Waals surface area contributed by atoms with E-state index in [0.29, 0.717) is 33.8 Å². The van der Waals surface area contributed by atoms with Gasteiger partial charge in [-0.25, -0.2) is 9.00 Å². The van der Waals surface area contributed by atoms with E-state index < -0.39 is 23.0 Å². The summed E-state index contributed by atoms with van der Waals surface area (Å²) in [5.41, 5.74) is 3.57. The molecule has 4 rings (SSSR count). The maximum atomic E-state index is 12.2. The van der Waals surface area contributed by atoms with Crippen molar-refractivity contribution < 1.29 is 28.2 Å². The lowest BCUT2D eigenvalue weighted by atomic mass is 9.83. The van der Waals surface area contributed by atoms with Gasteiger partial charge in [0.2, 0.25) is 0 Å². The number of carbonyl (C=O) groups is 2. The SMILES string of the molecule is O=CC1C(c2ccc(C(=O)O)cc2)=C(c2ccc(CS(=O)O)cc2)Oc2ccccc21. The number of ether oxygens (including phenoxy) is 1. The van der Waals surface area contributed by atoms with Gasteiger partial charge >= 0.3 is 5.97 Å². The van der Waals surface area contributed by atoms with E-state index in [1.165, 1.54) is 12.1 Å². The Kier molecular flexibility index (Phi) is 5.79. The average molecular weight is 434 g/mol. The van der Waals surface area contributed by atoms with Gasteiger partial charge < -0.3 is 19.2 Å². The molecule has 0 saturated heterocycles. The van der Waals surface area contributed by atoms with E-state index in [9.17, 15) is 18.9 Å². The van der Waals surface area contributed by atoms with Crippen LogP contribution in [0.5, 0.6) is 5.75 Å². The minimum Gasteiger partial charge on any atom is -0.478 e. The summed E-state index contributed by atoms with van der Waals surface area (Å²) in [6.45, 7) is 0. The Morgan fingerprint density at radius 2 is 1.61 bits per heavy atom. The molecule has 3 aromatic carbocycles. The Hall–Kier alpha value is -3.55. The van der Waals surface area contributed by atoms with Gasteiger partial charge in [0.05, 0.1) is 17.2 Å². The zero-order valence-electron chi connectivity index (χ0n) is 16.2. The molecule has 1 aliphatic heterocycles. The summed E-state index contributed by atoms with van der Waals surface area (Å²) in [5.74, 6) is -0.560. The molecule has 1 heterocycles. The van der Waals surface area contributed by atoms with Crippen LogP contribution in [0.15, 0.2) is 72.8 Å². The minimum atomic E-state index is -1.95. The largest absolute Gasteiger partial charge is 0.478 e. The molecular formula is C24H18O6S. The maximum Gasteiger partial charge on any atom is 0.335 e. The van der Waals surface area contributed by atoms with Gasteiger partial charge in [-0.15, -0.1) is 0 Å². The molecule has 1 aliphatic rings. The maximum absolute atomic E-state index is 12.2. The quantitative estimate of drug-likeness (QED) is 0.442. The van der Waals surface area contributed by atoms with Gasteiger partial charge in [-0.3, -0.25) is 0 Å². The molecule has 0 aromatic heterocycles. The molecule has 6 nitrogen and oxygen atoms in total. The third-order valence-electron chi connectivity index (χ3n) is 5.11. The average Bonchev–Trinajstić information content (AvgIpc) is 2.78. The molecule has 0 fully saturated rings. The summed E-state index contributed by atoms with van der Waals surface area (Å²) < 4.78 is 26.4. The first-order valence-corrected chi connectivity index (χ1v) is 10.7. The monoisotopic (exact) mass is 434 g/mol. The Balaban J connectivity index is 1.88. The van der Waals surface area contributed by atoms with Crippen molar-refractivity contribution in [3.8, 4) is 5.75 Å². The molecule has 2 N–H and O–H groups in total. The molecule has 0 radical (unpaired) electrons.